The van der Waals surface area contributed by atoms with E-state index in [1.54, 1.807) is 6.92 Å². The van der Waals surface area contributed by atoms with Gasteiger partial charge in [-0.25, -0.2) is 0 Å². The van der Waals surface area contributed by atoms with Gasteiger partial charge in [-0.3, -0.25) is 4.57 Å². The molecule has 0 aliphatic rings. The van der Waals surface area contributed by atoms with Crippen LogP contribution in [0.25, 0.3) is 0 Å². The summed E-state index contributed by atoms with van der Waals surface area (Å²) in [4.78, 5) is 0. The molecule has 74 valence electrons. The lowest BCUT2D eigenvalue weighted by molar-refractivity contribution is 0.236. The Morgan fingerprint density at radius 2 is 1.58 bits per heavy atom. The van der Waals surface area contributed by atoms with Gasteiger partial charge in [0.15, 0.2) is 0 Å². The van der Waals surface area contributed by atoms with Gasteiger partial charge in [0, 0.05) is 5.66 Å². The maximum Gasteiger partial charge on any atom is 0.221 e. The van der Waals surface area contributed by atoms with Crippen molar-refractivity contribution < 1.29 is 9.09 Å². The second kappa shape index (κ2) is 4.40. The Hall–Kier alpha value is 0.150. The zero-order chi connectivity index (χ0) is 9.94. The molecule has 0 aliphatic heterocycles. The number of rotatable bonds is 4. The number of hydrogen-bond donors (Lipinski definition) is 1. The van der Waals surface area contributed by atoms with E-state index in [0.717, 1.165) is 0 Å². The van der Waals surface area contributed by atoms with Crippen molar-refractivity contribution in [3.8, 4) is 0 Å². The SMILES string of the molecule is CC(C)OP(=O)(C(C)C)C(C)N. The van der Waals surface area contributed by atoms with Gasteiger partial charge in [0.1, 0.15) is 0 Å². The average Bonchev–Trinajstić information content (AvgIpc) is 1.84. The maximum absolute atomic E-state index is 12.1. The molecule has 0 saturated heterocycles. The van der Waals surface area contributed by atoms with Gasteiger partial charge in [-0.15, -0.1) is 0 Å². The first-order valence-corrected chi connectivity index (χ1v) is 6.10. The molecule has 0 aliphatic carbocycles. The van der Waals surface area contributed by atoms with Crippen LogP contribution in [0.1, 0.15) is 34.6 Å². The fraction of sp³-hybridized carbons (Fsp3) is 1.00. The van der Waals surface area contributed by atoms with Crippen LogP contribution in [-0.4, -0.2) is 17.5 Å². The van der Waals surface area contributed by atoms with Crippen molar-refractivity contribution >= 4 is 7.37 Å². The first-order chi connectivity index (χ1) is 5.30. The van der Waals surface area contributed by atoms with Gasteiger partial charge in [-0.05, 0) is 20.8 Å². The molecule has 0 heterocycles. The second-order valence-corrected chi connectivity index (χ2v) is 6.98. The van der Waals surface area contributed by atoms with E-state index in [2.05, 4.69) is 0 Å². The zero-order valence-corrected chi connectivity index (χ0v) is 9.47. The summed E-state index contributed by atoms with van der Waals surface area (Å²) in [5.41, 5.74) is 5.63. The number of hydrogen-bond acceptors (Lipinski definition) is 3. The van der Waals surface area contributed by atoms with Crippen LogP contribution >= 0.6 is 7.37 Å². The average molecular weight is 193 g/mol. The Kier molecular flexibility index (Phi) is 4.46. The summed E-state index contributed by atoms with van der Waals surface area (Å²) < 4.78 is 17.5. The molecule has 2 N–H and O–H groups in total. The molecule has 12 heavy (non-hydrogen) atoms. The summed E-state index contributed by atoms with van der Waals surface area (Å²) in [7, 11) is -2.64. The molecule has 0 spiro atoms. The van der Waals surface area contributed by atoms with Crippen molar-refractivity contribution in [3.05, 3.63) is 0 Å². The van der Waals surface area contributed by atoms with Gasteiger partial charge in [0.25, 0.3) is 0 Å². The van der Waals surface area contributed by atoms with E-state index in [1.807, 2.05) is 27.7 Å². The van der Waals surface area contributed by atoms with Gasteiger partial charge in [0.05, 0.1) is 11.9 Å². The molecule has 0 bridgehead atoms. The van der Waals surface area contributed by atoms with Crippen LogP contribution in [0.15, 0.2) is 0 Å². The molecule has 3 nitrogen and oxygen atoms in total. The van der Waals surface area contributed by atoms with Crippen LogP contribution in [0.3, 0.4) is 0 Å². The Morgan fingerprint density at radius 3 is 1.67 bits per heavy atom. The summed E-state index contributed by atoms with van der Waals surface area (Å²) in [6.07, 6.45) is -0.0239. The molecular formula is C8H20NO2P. The zero-order valence-electron chi connectivity index (χ0n) is 8.57. The highest BCUT2D eigenvalue weighted by molar-refractivity contribution is 7.60. The summed E-state index contributed by atoms with van der Waals surface area (Å²) >= 11 is 0. The molecule has 0 fully saturated rings. The van der Waals surface area contributed by atoms with Gasteiger partial charge in [-0.2, -0.15) is 0 Å². The Bertz CT molecular complexity index is 166. The van der Waals surface area contributed by atoms with Crippen molar-refractivity contribution in [2.45, 2.75) is 52.2 Å². The fourth-order valence-corrected chi connectivity index (χ4v) is 3.05. The summed E-state index contributed by atoms with van der Waals surface area (Å²) in [6.45, 7) is 9.25. The highest BCUT2D eigenvalue weighted by Crippen LogP contribution is 2.54. The topological polar surface area (TPSA) is 52.3 Å². The van der Waals surface area contributed by atoms with Crippen molar-refractivity contribution in [1.82, 2.24) is 0 Å². The van der Waals surface area contributed by atoms with Crippen LogP contribution in [-0.2, 0) is 9.09 Å². The molecule has 0 aromatic heterocycles. The molecule has 0 radical (unpaired) electrons. The minimum Gasteiger partial charge on any atom is -0.324 e. The lowest BCUT2D eigenvalue weighted by Gasteiger charge is -2.27. The molecule has 0 aromatic rings. The minimum absolute atomic E-state index is 0.0000926. The monoisotopic (exact) mass is 193 g/mol. The highest BCUT2D eigenvalue weighted by atomic mass is 31.2. The van der Waals surface area contributed by atoms with Crippen LogP contribution in [0.4, 0.5) is 0 Å². The third-order valence-electron chi connectivity index (χ3n) is 1.66. The van der Waals surface area contributed by atoms with Crippen molar-refractivity contribution in [1.29, 1.82) is 0 Å². The summed E-state index contributed by atoms with van der Waals surface area (Å²) in [5, 5.41) is 0. The smallest absolute Gasteiger partial charge is 0.221 e. The van der Waals surface area contributed by atoms with Crippen LogP contribution in [0, 0.1) is 0 Å². The summed E-state index contributed by atoms with van der Waals surface area (Å²) in [5.74, 6) is -0.375. The lowest BCUT2D eigenvalue weighted by Crippen LogP contribution is -2.23. The summed E-state index contributed by atoms with van der Waals surface area (Å²) in [6, 6.07) is 0. The predicted octanol–water partition coefficient (Wildman–Crippen LogP) is 2.40. The molecule has 0 saturated carbocycles. The second-order valence-electron chi connectivity index (χ2n) is 3.63. The molecule has 0 amide bonds. The van der Waals surface area contributed by atoms with Gasteiger partial charge in [0.2, 0.25) is 7.37 Å². The molecule has 0 rings (SSSR count). The van der Waals surface area contributed by atoms with E-state index in [0.29, 0.717) is 0 Å². The quantitative estimate of drug-likeness (QED) is 0.697. The van der Waals surface area contributed by atoms with Gasteiger partial charge in [-0.1, -0.05) is 13.8 Å². The van der Waals surface area contributed by atoms with Crippen molar-refractivity contribution in [2.24, 2.45) is 5.73 Å². The third kappa shape index (κ3) is 2.89. The Labute approximate surface area is 75.1 Å². The van der Waals surface area contributed by atoms with E-state index in [1.165, 1.54) is 0 Å². The van der Waals surface area contributed by atoms with Gasteiger partial charge < -0.3 is 10.3 Å². The first kappa shape index (κ1) is 12.2. The lowest BCUT2D eigenvalue weighted by atomic mass is 10.5. The Balaban J connectivity index is 4.53. The predicted molar refractivity (Wildman–Crippen MR) is 52.6 cm³/mol. The Morgan fingerprint density at radius 1 is 1.17 bits per heavy atom. The largest absolute Gasteiger partial charge is 0.324 e. The minimum atomic E-state index is -2.64. The highest BCUT2D eigenvalue weighted by Gasteiger charge is 2.32. The standard InChI is InChI=1S/C8H20NO2P/c1-6(2)11-12(10,7(3)4)8(5)9/h6-8H,9H2,1-5H3. The van der Waals surface area contributed by atoms with E-state index in [4.69, 9.17) is 10.3 Å². The normalized spacial score (nSPS) is 19.7. The third-order valence-corrected chi connectivity index (χ3v) is 4.99. The molecule has 2 unspecified atom stereocenters. The molecule has 2 atom stereocenters. The van der Waals surface area contributed by atoms with Gasteiger partial charge >= 0.3 is 0 Å². The van der Waals surface area contributed by atoms with Crippen molar-refractivity contribution in [3.63, 3.8) is 0 Å². The van der Waals surface area contributed by atoms with E-state index in [9.17, 15) is 4.57 Å². The fourth-order valence-electron chi connectivity index (χ4n) is 1.02. The van der Waals surface area contributed by atoms with Crippen LogP contribution in [0.2, 0.25) is 0 Å². The molecule has 0 aromatic carbocycles. The van der Waals surface area contributed by atoms with E-state index >= 15 is 0 Å². The van der Waals surface area contributed by atoms with E-state index in [-0.39, 0.29) is 17.5 Å². The van der Waals surface area contributed by atoms with Crippen LogP contribution < -0.4 is 5.73 Å². The first-order valence-electron chi connectivity index (χ1n) is 4.34. The van der Waals surface area contributed by atoms with Crippen molar-refractivity contribution in [2.75, 3.05) is 0 Å². The van der Waals surface area contributed by atoms with E-state index < -0.39 is 7.37 Å². The molecule has 4 heteroatoms. The maximum atomic E-state index is 12.1. The number of nitrogens with two attached hydrogens (primary N) is 1. The van der Waals surface area contributed by atoms with Crippen LogP contribution in [0.5, 0.6) is 0 Å². The molecular weight excluding hydrogens is 173 g/mol.